The van der Waals surface area contributed by atoms with E-state index in [0.29, 0.717) is 35.3 Å². The lowest BCUT2D eigenvalue weighted by atomic mass is 10.2. The van der Waals surface area contributed by atoms with Gasteiger partial charge in [0.1, 0.15) is 11.4 Å². The van der Waals surface area contributed by atoms with Crippen molar-refractivity contribution >= 4 is 29.1 Å². The van der Waals surface area contributed by atoms with Gasteiger partial charge in [0.05, 0.1) is 23.5 Å². The van der Waals surface area contributed by atoms with Crippen molar-refractivity contribution < 1.29 is 4.79 Å². The Morgan fingerprint density at radius 1 is 1.22 bits per heavy atom. The second-order valence-electron chi connectivity index (χ2n) is 6.49. The third kappa shape index (κ3) is 3.40. The summed E-state index contributed by atoms with van der Waals surface area (Å²) in [4.78, 5) is 31.8. The normalized spacial score (nSPS) is 16.5. The average Bonchev–Trinajstić information content (AvgIpc) is 3.04. The van der Waals surface area contributed by atoms with E-state index in [9.17, 15) is 4.79 Å². The number of aromatic nitrogens is 5. The molecule has 0 aliphatic carbocycles. The molecule has 4 heterocycles. The quantitative estimate of drug-likeness (QED) is 0.627. The van der Waals surface area contributed by atoms with Crippen LogP contribution in [0.2, 0.25) is 10.3 Å². The molecule has 7 nitrogen and oxygen atoms in total. The van der Waals surface area contributed by atoms with Crippen molar-refractivity contribution in [2.24, 2.45) is 0 Å². The maximum atomic E-state index is 13.0. The Balaban J connectivity index is 1.67. The topological polar surface area (TPSA) is 76.8 Å². The summed E-state index contributed by atoms with van der Waals surface area (Å²) in [5.41, 5.74) is 2.67. The number of pyridine rings is 1. The van der Waals surface area contributed by atoms with Gasteiger partial charge in [-0.3, -0.25) is 9.78 Å². The number of hydrogen-bond acceptors (Lipinski definition) is 5. The second kappa shape index (κ2) is 6.90. The third-order valence-corrected chi connectivity index (χ3v) is 4.92. The van der Waals surface area contributed by atoms with Gasteiger partial charge >= 0.3 is 0 Å². The molecule has 138 valence electrons. The molecule has 0 saturated heterocycles. The molecule has 27 heavy (non-hydrogen) atoms. The zero-order valence-electron chi connectivity index (χ0n) is 14.7. The smallest absolute Gasteiger partial charge is 0.290 e. The first-order chi connectivity index (χ1) is 12.9. The average molecular weight is 403 g/mol. The molecule has 3 aromatic heterocycles. The number of imidazole rings is 1. The Bertz CT molecular complexity index is 1030. The molecule has 0 saturated carbocycles. The highest BCUT2D eigenvalue weighted by atomic mass is 35.5. The maximum absolute atomic E-state index is 13.0. The van der Waals surface area contributed by atoms with E-state index < -0.39 is 0 Å². The number of fused-ring (bicyclic) bond motifs is 1. The van der Waals surface area contributed by atoms with E-state index in [1.165, 1.54) is 6.20 Å². The minimum Gasteiger partial charge on any atom is -0.326 e. The Morgan fingerprint density at radius 2 is 2.04 bits per heavy atom. The largest absolute Gasteiger partial charge is 0.326 e. The van der Waals surface area contributed by atoms with Crippen LogP contribution in [0.3, 0.4) is 0 Å². The summed E-state index contributed by atoms with van der Waals surface area (Å²) in [6.07, 6.45) is 3.20. The lowest BCUT2D eigenvalue weighted by Crippen LogP contribution is -2.46. The van der Waals surface area contributed by atoms with Crippen molar-refractivity contribution in [2.45, 2.75) is 33.0 Å². The lowest BCUT2D eigenvalue weighted by molar-refractivity contribution is 0.0584. The number of nitrogens with zero attached hydrogens (tertiary/aromatic N) is 6. The Labute approximate surface area is 166 Å². The fraction of sp³-hybridized carbons (Fsp3) is 0.278. The predicted octanol–water partition coefficient (Wildman–Crippen LogP) is 3.39. The van der Waals surface area contributed by atoms with Crippen LogP contribution in [0.1, 0.15) is 28.9 Å². The molecule has 3 aromatic rings. The van der Waals surface area contributed by atoms with Gasteiger partial charge < -0.3 is 9.47 Å². The molecule has 0 bridgehead atoms. The van der Waals surface area contributed by atoms with E-state index in [2.05, 4.69) is 19.9 Å². The molecule has 0 fully saturated rings. The van der Waals surface area contributed by atoms with Crippen LogP contribution in [0, 0.1) is 6.92 Å². The van der Waals surface area contributed by atoms with Gasteiger partial charge in [-0.25, -0.2) is 15.0 Å². The molecule has 0 radical (unpaired) electrons. The van der Waals surface area contributed by atoms with Gasteiger partial charge in [-0.15, -0.1) is 0 Å². The lowest BCUT2D eigenvalue weighted by Gasteiger charge is -2.33. The number of hydrogen-bond donors (Lipinski definition) is 0. The van der Waals surface area contributed by atoms with Gasteiger partial charge in [-0.1, -0.05) is 17.7 Å². The monoisotopic (exact) mass is 402 g/mol. The summed E-state index contributed by atoms with van der Waals surface area (Å²) in [6.45, 7) is 4.99. The van der Waals surface area contributed by atoms with Crippen LogP contribution >= 0.6 is 23.2 Å². The molecular weight excluding hydrogens is 387 g/mol. The number of aryl methyl sites for hydroxylation is 1. The van der Waals surface area contributed by atoms with Gasteiger partial charge in [0.15, 0.2) is 5.82 Å². The van der Waals surface area contributed by atoms with E-state index in [4.69, 9.17) is 23.2 Å². The summed E-state index contributed by atoms with van der Waals surface area (Å²) >= 11 is 12.0. The highest BCUT2D eigenvalue weighted by Crippen LogP contribution is 2.28. The van der Waals surface area contributed by atoms with E-state index >= 15 is 0 Å². The number of carbonyl (C=O) groups is 1. The van der Waals surface area contributed by atoms with Crippen molar-refractivity contribution in [3.63, 3.8) is 0 Å². The standard InChI is InChI=1S/C18H16Cl2N6O/c1-10-4-3-5-12(22-10)8-26-11(2)7-25-9-14(23-16(25)17(26)27)15-13(19)6-21-18(20)24-15/h3-6,9,11H,7-8H2,1-2H3/t11-/m0/s1. The summed E-state index contributed by atoms with van der Waals surface area (Å²) in [6, 6.07) is 5.79. The van der Waals surface area contributed by atoms with E-state index in [1.54, 1.807) is 11.1 Å². The molecule has 4 rings (SSSR count). The third-order valence-electron chi connectivity index (χ3n) is 4.46. The van der Waals surface area contributed by atoms with Crippen molar-refractivity contribution in [3.05, 3.63) is 58.1 Å². The number of halogens is 2. The van der Waals surface area contributed by atoms with Crippen LogP contribution in [-0.2, 0) is 13.1 Å². The second-order valence-corrected chi connectivity index (χ2v) is 7.24. The molecule has 1 aliphatic rings. The summed E-state index contributed by atoms with van der Waals surface area (Å²) in [5.74, 6) is 0.195. The van der Waals surface area contributed by atoms with Crippen LogP contribution in [0.15, 0.2) is 30.6 Å². The van der Waals surface area contributed by atoms with Gasteiger partial charge in [-0.2, -0.15) is 0 Å². The van der Waals surface area contributed by atoms with Crippen molar-refractivity contribution in [1.29, 1.82) is 0 Å². The fourth-order valence-electron chi connectivity index (χ4n) is 3.17. The highest BCUT2D eigenvalue weighted by Gasteiger charge is 2.32. The van der Waals surface area contributed by atoms with Crippen LogP contribution in [0.25, 0.3) is 11.4 Å². The van der Waals surface area contributed by atoms with Gasteiger partial charge in [-0.05, 0) is 37.6 Å². The van der Waals surface area contributed by atoms with Gasteiger partial charge in [0.25, 0.3) is 5.91 Å². The maximum Gasteiger partial charge on any atom is 0.290 e. The molecule has 0 spiro atoms. The van der Waals surface area contributed by atoms with Gasteiger partial charge in [0, 0.05) is 24.5 Å². The van der Waals surface area contributed by atoms with Crippen LogP contribution < -0.4 is 0 Å². The molecule has 0 unspecified atom stereocenters. The zero-order valence-corrected chi connectivity index (χ0v) is 16.2. The highest BCUT2D eigenvalue weighted by molar-refractivity contribution is 6.33. The molecule has 0 aromatic carbocycles. The molecule has 1 aliphatic heterocycles. The summed E-state index contributed by atoms with van der Waals surface area (Å²) in [7, 11) is 0. The van der Waals surface area contributed by atoms with Crippen molar-refractivity contribution in [2.75, 3.05) is 0 Å². The van der Waals surface area contributed by atoms with E-state index in [-0.39, 0.29) is 17.2 Å². The molecule has 9 heteroatoms. The minimum atomic E-state index is -0.153. The molecule has 1 amide bonds. The fourth-order valence-corrected chi connectivity index (χ4v) is 3.49. The van der Waals surface area contributed by atoms with Gasteiger partial charge in [0.2, 0.25) is 5.28 Å². The summed E-state index contributed by atoms with van der Waals surface area (Å²) in [5, 5.41) is 0.406. The zero-order chi connectivity index (χ0) is 19.1. The first-order valence-electron chi connectivity index (χ1n) is 8.41. The first kappa shape index (κ1) is 17.9. The molecular formula is C18H16Cl2N6O. The number of carbonyl (C=O) groups excluding carboxylic acids is 1. The number of amides is 1. The predicted molar refractivity (Wildman–Crippen MR) is 102 cm³/mol. The first-order valence-corrected chi connectivity index (χ1v) is 9.17. The van der Waals surface area contributed by atoms with Crippen LogP contribution in [0.5, 0.6) is 0 Å². The van der Waals surface area contributed by atoms with Crippen LogP contribution in [0.4, 0.5) is 0 Å². The molecule has 1 atom stereocenters. The van der Waals surface area contributed by atoms with E-state index in [1.807, 2.05) is 36.6 Å². The van der Waals surface area contributed by atoms with Crippen molar-refractivity contribution in [1.82, 2.24) is 29.4 Å². The Morgan fingerprint density at radius 3 is 2.81 bits per heavy atom. The van der Waals surface area contributed by atoms with Crippen molar-refractivity contribution in [3.8, 4) is 11.4 Å². The Kier molecular flexibility index (Phi) is 4.57. The van der Waals surface area contributed by atoms with E-state index in [0.717, 1.165) is 11.4 Å². The number of rotatable bonds is 3. The molecule has 0 N–H and O–H groups in total. The summed E-state index contributed by atoms with van der Waals surface area (Å²) < 4.78 is 1.83. The Hall–Kier alpha value is -2.51. The minimum absolute atomic E-state index is 0.00109. The van der Waals surface area contributed by atoms with Crippen LogP contribution in [-0.4, -0.2) is 41.4 Å². The SMILES string of the molecule is Cc1cccc(CN2C(=O)c3nc(-c4nc(Cl)ncc4Cl)cn3C[C@@H]2C)n1.